The molecule has 1 fully saturated rings. The largest absolute Gasteiger partial charge is 0.493 e. The standard InChI is InChI=1S/C21H20F4N2O3/c1-30-18-14(5-6-16(22)17(18)23)13-7-8-21(24,25)10-15(13)20(29)27-12-4-2-3-11(9-12)19(26)28/h2-6,9,13,15H,7-8,10H2,1H3,(H2,26,28)(H,27,29). The van der Waals surface area contributed by atoms with Gasteiger partial charge in [0.1, 0.15) is 0 Å². The summed E-state index contributed by atoms with van der Waals surface area (Å²) in [6.45, 7) is 0. The molecule has 0 bridgehead atoms. The molecule has 0 heterocycles. The van der Waals surface area contributed by atoms with Gasteiger partial charge in [0, 0.05) is 29.7 Å². The average molecular weight is 424 g/mol. The maximum Gasteiger partial charge on any atom is 0.249 e. The van der Waals surface area contributed by atoms with Crippen LogP contribution in [0.2, 0.25) is 0 Å². The third kappa shape index (κ3) is 4.39. The van der Waals surface area contributed by atoms with Crippen LogP contribution < -0.4 is 15.8 Å². The lowest BCUT2D eigenvalue weighted by Gasteiger charge is -2.36. The molecule has 1 aliphatic carbocycles. The first-order valence-electron chi connectivity index (χ1n) is 9.23. The molecule has 1 aliphatic rings. The van der Waals surface area contributed by atoms with Gasteiger partial charge in [-0.2, -0.15) is 4.39 Å². The molecule has 0 aromatic heterocycles. The van der Waals surface area contributed by atoms with Crippen LogP contribution in [0.15, 0.2) is 36.4 Å². The van der Waals surface area contributed by atoms with E-state index in [-0.39, 0.29) is 23.2 Å². The zero-order chi connectivity index (χ0) is 22.1. The van der Waals surface area contributed by atoms with Gasteiger partial charge in [-0.25, -0.2) is 13.2 Å². The van der Waals surface area contributed by atoms with Gasteiger partial charge in [0.2, 0.25) is 23.6 Å². The summed E-state index contributed by atoms with van der Waals surface area (Å²) >= 11 is 0. The van der Waals surface area contributed by atoms with Crippen molar-refractivity contribution >= 4 is 17.5 Å². The minimum absolute atomic E-state index is 0.117. The van der Waals surface area contributed by atoms with Crippen LogP contribution in [0.3, 0.4) is 0 Å². The summed E-state index contributed by atoms with van der Waals surface area (Å²) in [7, 11) is 1.14. The second-order valence-electron chi connectivity index (χ2n) is 7.23. The van der Waals surface area contributed by atoms with Crippen molar-refractivity contribution in [1.82, 2.24) is 0 Å². The Morgan fingerprint density at radius 1 is 1.20 bits per heavy atom. The number of carbonyl (C=O) groups excluding carboxylic acids is 2. The van der Waals surface area contributed by atoms with Gasteiger partial charge in [-0.15, -0.1) is 0 Å². The number of nitrogens with two attached hydrogens (primary N) is 1. The number of benzene rings is 2. The highest BCUT2D eigenvalue weighted by Gasteiger charge is 2.46. The van der Waals surface area contributed by atoms with Gasteiger partial charge in [-0.1, -0.05) is 12.1 Å². The lowest BCUT2D eigenvalue weighted by atomic mass is 9.73. The number of methoxy groups -OCH3 is 1. The summed E-state index contributed by atoms with van der Waals surface area (Å²) in [6.07, 6.45) is -1.38. The Morgan fingerprint density at radius 3 is 2.60 bits per heavy atom. The fourth-order valence-electron chi connectivity index (χ4n) is 3.81. The Morgan fingerprint density at radius 2 is 1.93 bits per heavy atom. The predicted molar refractivity (Wildman–Crippen MR) is 102 cm³/mol. The van der Waals surface area contributed by atoms with Crippen LogP contribution in [0.5, 0.6) is 5.75 Å². The molecule has 2 amide bonds. The second-order valence-corrected chi connectivity index (χ2v) is 7.23. The fraction of sp³-hybridized carbons (Fsp3) is 0.333. The number of ether oxygens (including phenoxy) is 1. The van der Waals surface area contributed by atoms with Crippen molar-refractivity contribution in [1.29, 1.82) is 0 Å². The Hall–Kier alpha value is -3.10. The van der Waals surface area contributed by atoms with Crippen LogP contribution in [0.1, 0.15) is 41.1 Å². The van der Waals surface area contributed by atoms with Crippen LogP contribution in [0.25, 0.3) is 0 Å². The maximum atomic E-state index is 14.2. The van der Waals surface area contributed by atoms with Crippen molar-refractivity contribution < 1.29 is 31.9 Å². The quantitative estimate of drug-likeness (QED) is 0.705. The molecule has 9 heteroatoms. The number of alkyl halides is 2. The Kier molecular flexibility index (Phi) is 6.00. The second kappa shape index (κ2) is 8.33. The molecule has 2 aromatic rings. The number of halogens is 4. The van der Waals surface area contributed by atoms with Gasteiger partial charge in [-0.3, -0.25) is 9.59 Å². The van der Waals surface area contributed by atoms with Gasteiger partial charge in [0.05, 0.1) is 13.0 Å². The molecule has 3 N–H and O–H groups in total. The van der Waals surface area contributed by atoms with E-state index in [1.54, 1.807) is 0 Å². The Bertz CT molecular complexity index is 981. The van der Waals surface area contributed by atoms with Crippen LogP contribution in [-0.4, -0.2) is 24.8 Å². The summed E-state index contributed by atoms with van der Waals surface area (Å²) < 4.78 is 61.0. The minimum atomic E-state index is -3.08. The smallest absolute Gasteiger partial charge is 0.249 e. The van der Waals surface area contributed by atoms with Crippen LogP contribution in [0.4, 0.5) is 23.2 Å². The predicted octanol–water partition coefficient (Wildman–Crippen LogP) is 4.23. The number of anilines is 1. The number of amides is 2. The van der Waals surface area contributed by atoms with E-state index in [4.69, 9.17) is 10.5 Å². The molecule has 1 saturated carbocycles. The third-order valence-corrected chi connectivity index (χ3v) is 5.26. The highest BCUT2D eigenvalue weighted by molar-refractivity contribution is 5.97. The zero-order valence-electron chi connectivity index (χ0n) is 16.1. The summed E-state index contributed by atoms with van der Waals surface area (Å²) in [5.41, 5.74) is 5.72. The highest BCUT2D eigenvalue weighted by Crippen LogP contribution is 2.48. The van der Waals surface area contributed by atoms with E-state index in [0.717, 1.165) is 13.2 Å². The van der Waals surface area contributed by atoms with Crippen molar-refractivity contribution in [3.05, 3.63) is 59.2 Å². The van der Waals surface area contributed by atoms with E-state index >= 15 is 0 Å². The number of primary amides is 1. The van der Waals surface area contributed by atoms with Crippen molar-refractivity contribution in [2.75, 3.05) is 12.4 Å². The number of nitrogens with one attached hydrogen (secondary N) is 1. The molecule has 2 atom stereocenters. The van der Waals surface area contributed by atoms with Crippen LogP contribution in [-0.2, 0) is 4.79 Å². The Balaban J connectivity index is 1.95. The SMILES string of the molecule is COc1c(C2CCC(F)(F)CC2C(=O)Nc2cccc(C(N)=O)c2)ccc(F)c1F. The molecule has 2 aromatic carbocycles. The summed E-state index contributed by atoms with van der Waals surface area (Å²) in [5, 5.41) is 2.52. The molecule has 5 nitrogen and oxygen atoms in total. The van der Waals surface area contributed by atoms with E-state index in [2.05, 4.69) is 5.32 Å². The van der Waals surface area contributed by atoms with Crippen molar-refractivity contribution in [3.63, 3.8) is 0 Å². The topological polar surface area (TPSA) is 81.4 Å². The van der Waals surface area contributed by atoms with E-state index in [9.17, 15) is 27.2 Å². The first-order chi connectivity index (χ1) is 14.1. The van der Waals surface area contributed by atoms with Gasteiger partial charge < -0.3 is 15.8 Å². The van der Waals surface area contributed by atoms with E-state index in [0.29, 0.717) is 0 Å². The van der Waals surface area contributed by atoms with E-state index in [1.165, 1.54) is 30.3 Å². The molecule has 0 radical (unpaired) electrons. The number of hydrogen-bond donors (Lipinski definition) is 2. The summed E-state index contributed by atoms with van der Waals surface area (Å²) in [6, 6.07) is 7.88. The number of carbonyl (C=O) groups is 2. The van der Waals surface area contributed by atoms with E-state index < -0.39 is 59.8 Å². The molecular formula is C21H20F4N2O3. The van der Waals surface area contributed by atoms with Crippen LogP contribution in [0, 0.1) is 17.6 Å². The van der Waals surface area contributed by atoms with Gasteiger partial charge in [-0.05, 0) is 36.6 Å². The molecule has 3 rings (SSSR count). The molecule has 30 heavy (non-hydrogen) atoms. The van der Waals surface area contributed by atoms with Crippen molar-refractivity contribution in [2.24, 2.45) is 11.7 Å². The van der Waals surface area contributed by atoms with Crippen LogP contribution >= 0.6 is 0 Å². The lowest BCUT2D eigenvalue weighted by Crippen LogP contribution is -2.38. The first-order valence-corrected chi connectivity index (χ1v) is 9.23. The number of rotatable bonds is 5. The molecule has 2 unspecified atom stereocenters. The van der Waals surface area contributed by atoms with Crippen molar-refractivity contribution in [3.8, 4) is 5.75 Å². The normalized spacial score (nSPS) is 20.4. The summed E-state index contributed by atoms with van der Waals surface area (Å²) in [5.74, 6) is -9.34. The van der Waals surface area contributed by atoms with Gasteiger partial charge in [0.15, 0.2) is 11.6 Å². The monoisotopic (exact) mass is 424 g/mol. The molecule has 0 aliphatic heterocycles. The molecule has 0 saturated heterocycles. The van der Waals surface area contributed by atoms with Gasteiger partial charge >= 0.3 is 0 Å². The maximum absolute atomic E-state index is 14.2. The van der Waals surface area contributed by atoms with E-state index in [1.807, 2.05) is 0 Å². The fourth-order valence-corrected chi connectivity index (χ4v) is 3.81. The zero-order valence-corrected chi connectivity index (χ0v) is 16.1. The number of hydrogen-bond acceptors (Lipinski definition) is 3. The average Bonchev–Trinajstić information content (AvgIpc) is 2.69. The summed E-state index contributed by atoms with van der Waals surface area (Å²) in [4.78, 5) is 24.2. The molecular weight excluding hydrogens is 404 g/mol. The molecule has 160 valence electrons. The first kappa shape index (κ1) is 21.6. The highest BCUT2D eigenvalue weighted by atomic mass is 19.3. The third-order valence-electron chi connectivity index (χ3n) is 5.26. The van der Waals surface area contributed by atoms with Gasteiger partial charge in [0.25, 0.3) is 0 Å². The Labute approximate surface area is 170 Å². The minimum Gasteiger partial charge on any atom is -0.493 e. The molecule has 0 spiro atoms. The lowest BCUT2D eigenvalue weighted by molar-refractivity contribution is -0.128. The van der Waals surface area contributed by atoms with Crippen molar-refractivity contribution in [2.45, 2.75) is 31.1 Å².